The second-order valence-electron chi connectivity index (χ2n) is 4.40. The molecule has 19 heavy (non-hydrogen) atoms. The third-order valence-electron chi connectivity index (χ3n) is 2.49. The average molecular weight is 322 g/mol. The van der Waals surface area contributed by atoms with Crippen LogP contribution in [0.5, 0.6) is 0 Å². The summed E-state index contributed by atoms with van der Waals surface area (Å²) in [5, 5.41) is 2.58. The van der Waals surface area contributed by atoms with E-state index in [1.807, 2.05) is 0 Å². The first-order valence-corrected chi connectivity index (χ1v) is 8.65. The normalized spacial score (nSPS) is 15.2. The van der Waals surface area contributed by atoms with Gasteiger partial charge in [-0.3, -0.25) is 9.59 Å². The summed E-state index contributed by atoms with van der Waals surface area (Å²) >= 11 is 6.70. The van der Waals surface area contributed by atoms with Crippen LogP contribution in [0.15, 0.2) is 12.1 Å². The Morgan fingerprint density at radius 3 is 2.53 bits per heavy atom. The third kappa shape index (κ3) is 4.59. The summed E-state index contributed by atoms with van der Waals surface area (Å²) in [6, 6.07) is 3.12. The van der Waals surface area contributed by atoms with Gasteiger partial charge in [0.05, 0.1) is 9.21 Å². The van der Waals surface area contributed by atoms with Crippen LogP contribution in [-0.4, -0.2) is 37.7 Å². The van der Waals surface area contributed by atoms with E-state index in [0.29, 0.717) is 4.34 Å². The van der Waals surface area contributed by atoms with Gasteiger partial charge in [0.1, 0.15) is 11.5 Å². The van der Waals surface area contributed by atoms with Gasteiger partial charge in [0.15, 0.2) is 15.6 Å². The molecule has 0 unspecified atom stereocenters. The van der Waals surface area contributed by atoms with Crippen LogP contribution in [0.2, 0.25) is 4.34 Å². The number of amides is 1. The van der Waals surface area contributed by atoms with Crippen LogP contribution < -0.4 is 5.32 Å². The van der Waals surface area contributed by atoms with Crippen molar-refractivity contribution >= 4 is 44.5 Å². The fourth-order valence-corrected chi connectivity index (χ4v) is 3.69. The highest BCUT2D eigenvalue weighted by Gasteiger charge is 2.27. The van der Waals surface area contributed by atoms with E-state index in [2.05, 4.69) is 5.32 Å². The van der Waals surface area contributed by atoms with Gasteiger partial charge in [-0.1, -0.05) is 11.6 Å². The molecule has 0 bridgehead atoms. The number of halogens is 1. The number of Topliss-reactive ketones (excluding diaryl/α,β-unsaturated/α-hetero) is 1. The van der Waals surface area contributed by atoms with Gasteiger partial charge in [-0.2, -0.15) is 0 Å². The Kier molecular flexibility index (Phi) is 4.27. The third-order valence-corrected chi connectivity index (χ3v) is 5.17. The van der Waals surface area contributed by atoms with Crippen molar-refractivity contribution in [1.29, 1.82) is 0 Å². The molecule has 0 spiro atoms. The van der Waals surface area contributed by atoms with Crippen molar-refractivity contribution in [3.8, 4) is 0 Å². The Labute approximate surface area is 119 Å². The van der Waals surface area contributed by atoms with E-state index in [1.54, 1.807) is 0 Å². The van der Waals surface area contributed by atoms with E-state index in [0.717, 1.165) is 24.2 Å². The minimum absolute atomic E-state index is 0.106. The van der Waals surface area contributed by atoms with E-state index in [9.17, 15) is 18.0 Å². The minimum atomic E-state index is -3.73. The summed E-state index contributed by atoms with van der Waals surface area (Å²) in [6.07, 6.45) is 1.77. The van der Waals surface area contributed by atoms with Crippen molar-refractivity contribution in [2.24, 2.45) is 0 Å². The summed E-state index contributed by atoms with van der Waals surface area (Å²) in [5.74, 6) is -2.38. The number of carbonyl (C=O) groups is 2. The maximum atomic E-state index is 11.7. The molecular formula is C11H12ClNO4S2. The van der Waals surface area contributed by atoms with E-state index in [1.165, 1.54) is 12.1 Å². The van der Waals surface area contributed by atoms with Gasteiger partial charge in [0, 0.05) is 6.04 Å². The van der Waals surface area contributed by atoms with Gasteiger partial charge < -0.3 is 5.32 Å². The molecule has 104 valence electrons. The zero-order valence-corrected chi connectivity index (χ0v) is 12.3. The number of carbonyl (C=O) groups excluding carboxylic acids is 2. The first kappa shape index (κ1) is 14.5. The van der Waals surface area contributed by atoms with Crippen molar-refractivity contribution in [3.63, 3.8) is 0 Å². The predicted octanol–water partition coefficient (Wildman–Crippen LogP) is 1.28. The van der Waals surface area contributed by atoms with Crippen molar-refractivity contribution in [2.75, 3.05) is 11.5 Å². The molecule has 1 fully saturated rings. The van der Waals surface area contributed by atoms with Crippen molar-refractivity contribution in [3.05, 3.63) is 21.3 Å². The van der Waals surface area contributed by atoms with E-state index >= 15 is 0 Å². The molecule has 0 radical (unpaired) electrons. The Hall–Kier alpha value is -0.920. The van der Waals surface area contributed by atoms with E-state index < -0.39 is 33.0 Å². The van der Waals surface area contributed by atoms with Crippen LogP contribution in [0.1, 0.15) is 22.5 Å². The lowest BCUT2D eigenvalue weighted by atomic mass is 10.4. The number of sulfone groups is 1. The average Bonchev–Trinajstić information content (AvgIpc) is 2.95. The van der Waals surface area contributed by atoms with Crippen LogP contribution >= 0.6 is 22.9 Å². The first-order chi connectivity index (χ1) is 8.85. The van der Waals surface area contributed by atoms with Crippen molar-refractivity contribution < 1.29 is 18.0 Å². The summed E-state index contributed by atoms with van der Waals surface area (Å²) in [7, 11) is -3.73. The fraction of sp³-hybridized carbons (Fsp3) is 0.455. The van der Waals surface area contributed by atoms with Gasteiger partial charge in [-0.05, 0) is 25.0 Å². The standard InChI is InChI=1S/C11H12ClNO4S2/c12-10-4-3-9(18-10)8(14)5-19(16,17)6-11(15)13-7-1-2-7/h3-4,7H,1-2,5-6H2,(H,13,15). The van der Waals surface area contributed by atoms with Crippen LogP contribution in [0.25, 0.3) is 0 Å². The van der Waals surface area contributed by atoms with E-state index in [4.69, 9.17) is 11.6 Å². The molecule has 1 heterocycles. The summed E-state index contributed by atoms with van der Waals surface area (Å²) in [5.41, 5.74) is 0. The van der Waals surface area contributed by atoms with Crippen LogP contribution in [0, 0.1) is 0 Å². The van der Waals surface area contributed by atoms with Gasteiger partial charge >= 0.3 is 0 Å². The largest absolute Gasteiger partial charge is 0.352 e. The fourth-order valence-electron chi connectivity index (χ4n) is 1.48. The van der Waals surface area contributed by atoms with Crippen molar-refractivity contribution in [1.82, 2.24) is 5.32 Å². The second kappa shape index (κ2) is 5.60. The van der Waals surface area contributed by atoms with Gasteiger partial charge in [0.2, 0.25) is 5.91 Å². The summed E-state index contributed by atoms with van der Waals surface area (Å²) < 4.78 is 23.9. The smallest absolute Gasteiger partial charge is 0.235 e. The second-order valence-corrected chi connectivity index (χ2v) is 8.18. The zero-order valence-electron chi connectivity index (χ0n) is 9.89. The molecule has 1 aliphatic rings. The molecule has 1 aromatic rings. The SMILES string of the molecule is O=C(CS(=O)(=O)CC(=O)c1ccc(Cl)s1)NC1CC1. The van der Waals surface area contributed by atoms with E-state index in [-0.39, 0.29) is 10.9 Å². The van der Waals surface area contributed by atoms with Crippen LogP contribution in [0.3, 0.4) is 0 Å². The lowest BCUT2D eigenvalue weighted by Crippen LogP contribution is -2.33. The van der Waals surface area contributed by atoms with Crippen molar-refractivity contribution in [2.45, 2.75) is 18.9 Å². The van der Waals surface area contributed by atoms with Gasteiger partial charge in [-0.25, -0.2) is 8.42 Å². The maximum absolute atomic E-state index is 11.7. The van der Waals surface area contributed by atoms with Gasteiger partial charge in [0.25, 0.3) is 0 Å². The minimum Gasteiger partial charge on any atom is -0.352 e. The van der Waals surface area contributed by atoms with Gasteiger partial charge in [-0.15, -0.1) is 11.3 Å². The summed E-state index contributed by atoms with van der Waals surface area (Å²) in [4.78, 5) is 23.4. The van der Waals surface area contributed by atoms with Crippen LogP contribution in [-0.2, 0) is 14.6 Å². The molecule has 1 amide bonds. The number of nitrogens with one attached hydrogen (secondary N) is 1. The molecule has 1 saturated carbocycles. The first-order valence-electron chi connectivity index (χ1n) is 5.64. The summed E-state index contributed by atoms with van der Waals surface area (Å²) in [6.45, 7) is 0. The van der Waals surface area contributed by atoms with Crippen LogP contribution in [0.4, 0.5) is 0 Å². The molecule has 1 aliphatic carbocycles. The lowest BCUT2D eigenvalue weighted by molar-refractivity contribution is -0.118. The quantitative estimate of drug-likeness (QED) is 0.800. The number of rotatable bonds is 6. The maximum Gasteiger partial charge on any atom is 0.235 e. The molecule has 8 heteroatoms. The topological polar surface area (TPSA) is 80.3 Å². The zero-order chi connectivity index (χ0) is 14.0. The molecular weight excluding hydrogens is 310 g/mol. The Bertz CT molecular complexity index is 604. The predicted molar refractivity (Wildman–Crippen MR) is 73.5 cm³/mol. The highest BCUT2D eigenvalue weighted by Crippen LogP contribution is 2.22. The Balaban J connectivity index is 1.92. The molecule has 5 nitrogen and oxygen atoms in total. The molecule has 1 N–H and O–H groups in total. The Morgan fingerprint density at radius 2 is 2.00 bits per heavy atom. The molecule has 1 aromatic heterocycles. The number of hydrogen-bond donors (Lipinski definition) is 1. The highest BCUT2D eigenvalue weighted by molar-refractivity contribution is 7.92. The molecule has 0 aromatic carbocycles. The Morgan fingerprint density at radius 1 is 1.32 bits per heavy atom. The monoisotopic (exact) mass is 321 g/mol. The molecule has 0 atom stereocenters. The molecule has 2 rings (SSSR count). The highest BCUT2D eigenvalue weighted by atomic mass is 35.5. The lowest BCUT2D eigenvalue weighted by Gasteiger charge is -2.04. The number of thiophene rings is 1. The molecule has 0 aliphatic heterocycles. The number of ketones is 1. The molecule has 0 saturated heterocycles. The number of hydrogen-bond acceptors (Lipinski definition) is 5.